The maximum absolute atomic E-state index is 13.0. The topological polar surface area (TPSA) is 113 Å². The number of hydrogen-bond acceptors (Lipinski definition) is 3. The van der Waals surface area contributed by atoms with E-state index in [9.17, 15) is 14.4 Å². The van der Waals surface area contributed by atoms with Gasteiger partial charge in [-0.1, -0.05) is 30.3 Å². The highest BCUT2D eigenvalue weighted by molar-refractivity contribution is 5.90. The van der Waals surface area contributed by atoms with E-state index in [1.165, 1.54) is 19.3 Å². The fraction of sp³-hybridized carbons (Fsp3) is 0.571. The van der Waals surface area contributed by atoms with Crippen molar-refractivity contribution in [2.75, 3.05) is 0 Å². The molecule has 0 aromatic heterocycles. The van der Waals surface area contributed by atoms with Crippen LogP contribution in [0.4, 0.5) is 4.79 Å². The number of nitrogens with two attached hydrogens (primary N) is 1. The first-order valence-corrected chi connectivity index (χ1v) is 10.1. The molecule has 0 aliphatic heterocycles. The lowest BCUT2D eigenvalue weighted by Crippen LogP contribution is -2.59. The molecule has 0 radical (unpaired) electrons. The Morgan fingerprint density at radius 1 is 0.964 bits per heavy atom. The minimum absolute atomic E-state index is 0.0857. The van der Waals surface area contributed by atoms with Crippen molar-refractivity contribution in [2.45, 2.75) is 51.0 Å². The number of hydrazine groups is 1. The van der Waals surface area contributed by atoms with Crippen LogP contribution < -0.4 is 21.9 Å². The van der Waals surface area contributed by atoms with Crippen molar-refractivity contribution in [3.8, 4) is 0 Å². The van der Waals surface area contributed by atoms with Crippen LogP contribution in [0.5, 0.6) is 0 Å². The maximum atomic E-state index is 13.0. The lowest BCUT2D eigenvalue weighted by atomic mass is 9.49. The summed E-state index contributed by atoms with van der Waals surface area (Å²) in [5.74, 6) is 1.39. The fourth-order valence-corrected chi connectivity index (χ4v) is 5.96. The Hall–Kier alpha value is -2.57. The fourth-order valence-electron chi connectivity index (χ4n) is 5.96. The largest absolute Gasteiger partial charge is 0.352 e. The van der Waals surface area contributed by atoms with Crippen LogP contribution in [0.1, 0.15) is 44.1 Å². The van der Waals surface area contributed by atoms with Gasteiger partial charge in [-0.3, -0.25) is 20.4 Å². The first-order valence-electron chi connectivity index (χ1n) is 10.1. The number of nitrogens with one attached hydrogen (secondary N) is 3. The van der Waals surface area contributed by atoms with E-state index < -0.39 is 18.0 Å². The van der Waals surface area contributed by atoms with Gasteiger partial charge < -0.3 is 11.1 Å². The maximum Gasteiger partial charge on any atom is 0.312 e. The number of amides is 4. The second-order valence-electron chi connectivity index (χ2n) is 8.89. The van der Waals surface area contributed by atoms with E-state index in [-0.39, 0.29) is 11.3 Å². The Bertz CT molecular complexity index is 729. The van der Waals surface area contributed by atoms with Gasteiger partial charge in [0.1, 0.15) is 6.04 Å². The monoisotopic (exact) mass is 384 g/mol. The van der Waals surface area contributed by atoms with E-state index in [1.807, 2.05) is 30.3 Å². The van der Waals surface area contributed by atoms with Crippen molar-refractivity contribution in [1.82, 2.24) is 16.2 Å². The van der Waals surface area contributed by atoms with Crippen molar-refractivity contribution in [2.24, 2.45) is 28.9 Å². The molecule has 1 atom stereocenters. The number of rotatable bonds is 5. The quantitative estimate of drug-likeness (QED) is 0.579. The van der Waals surface area contributed by atoms with E-state index in [0.717, 1.165) is 24.8 Å². The third-order valence-corrected chi connectivity index (χ3v) is 6.73. The van der Waals surface area contributed by atoms with Crippen LogP contribution >= 0.6 is 0 Å². The predicted molar refractivity (Wildman–Crippen MR) is 104 cm³/mol. The second-order valence-corrected chi connectivity index (χ2v) is 8.89. The summed E-state index contributed by atoms with van der Waals surface area (Å²) >= 11 is 0. The SMILES string of the molecule is NC(=O)NC(Cc1ccccc1)C(=O)NNC(=O)C12CC3CC(CC(C3)C1)C2. The number of primary amides is 1. The van der Waals surface area contributed by atoms with Gasteiger partial charge >= 0.3 is 6.03 Å². The summed E-state index contributed by atoms with van der Waals surface area (Å²) < 4.78 is 0. The smallest absolute Gasteiger partial charge is 0.312 e. The molecule has 7 nitrogen and oxygen atoms in total. The zero-order chi connectivity index (χ0) is 19.7. The average Bonchev–Trinajstić information content (AvgIpc) is 2.64. The summed E-state index contributed by atoms with van der Waals surface area (Å²) in [5, 5.41) is 2.46. The highest BCUT2D eigenvalue weighted by atomic mass is 16.2. The van der Waals surface area contributed by atoms with Crippen molar-refractivity contribution in [3.05, 3.63) is 35.9 Å². The van der Waals surface area contributed by atoms with E-state index in [0.29, 0.717) is 24.2 Å². The third kappa shape index (κ3) is 3.84. The van der Waals surface area contributed by atoms with Crippen LogP contribution in [0.2, 0.25) is 0 Å². The van der Waals surface area contributed by atoms with E-state index in [2.05, 4.69) is 16.2 Å². The van der Waals surface area contributed by atoms with Gasteiger partial charge in [0.2, 0.25) is 5.91 Å². The molecule has 5 N–H and O–H groups in total. The molecule has 4 fully saturated rings. The number of carbonyl (C=O) groups excluding carboxylic acids is 3. The summed E-state index contributed by atoms with van der Waals surface area (Å²) in [4.78, 5) is 36.9. The molecular weight excluding hydrogens is 356 g/mol. The molecule has 28 heavy (non-hydrogen) atoms. The van der Waals surface area contributed by atoms with Gasteiger partial charge in [-0.05, 0) is 61.8 Å². The van der Waals surface area contributed by atoms with Gasteiger partial charge in [-0.2, -0.15) is 0 Å². The number of benzene rings is 1. The predicted octanol–water partition coefficient (Wildman–Crippen LogP) is 1.63. The first-order chi connectivity index (χ1) is 13.4. The van der Waals surface area contributed by atoms with Gasteiger partial charge in [0, 0.05) is 6.42 Å². The lowest BCUT2D eigenvalue weighted by Gasteiger charge is -2.55. The highest BCUT2D eigenvalue weighted by Gasteiger charge is 2.54. The molecule has 1 aromatic carbocycles. The van der Waals surface area contributed by atoms with E-state index >= 15 is 0 Å². The molecule has 4 aliphatic rings. The normalized spacial score (nSPS) is 31.1. The van der Waals surface area contributed by atoms with Crippen LogP contribution in [0.3, 0.4) is 0 Å². The van der Waals surface area contributed by atoms with Gasteiger partial charge in [0.15, 0.2) is 0 Å². The minimum Gasteiger partial charge on any atom is -0.352 e. The van der Waals surface area contributed by atoms with Crippen molar-refractivity contribution in [3.63, 3.8) is 0 Å². The molecule has 1 aromatic rings. The Kier molecular flexibility index (Phi) is 5.00. The second kappa shape index (κ2) is 7.45. The minimum atomic E-state index is -0.850. The van der Waals surface area contributed by atoms with Crippen molar-refractivity contribution in [1.29, 1.82) is 0 Å². The number of hydrogen-bond donors (Lipinski definition) is 4. The van der Waals surface area contributed by atoms with Gasteiger partial charge in [-0.15, -0.1) is 0 Å². The summed E-state index contributed by atoms with van der Waals surface area (Å²) in [6.45, 7) is 0. The third-order valence-electron chi connectivity index (χ3n) is 6.73. The first kappa shape index (κ1) is 18.8. The lowest BCUT2D eigenvalue weighted by molar-refractivity contribution is -0.149. The summed E-state index contributed by atoms with van der Waals surface area (Å²) in [6, 6.07) is 7.73. The Balaban J connectivity index is 1.37. The average molecular weight is 384 g/mol. The van der Waals surface area contributed by atoms with Crippen molar-refractivity contribution >= 4 is 17.8 Å². The molecule has 5 rings (SSSR count). The number of urea groups is 1. The molecule has 150 valence electrons. The highest BCUT2D eigenvalue weighted by Crippen LogP contribution is 2.60. The van der Waals surface area contributed by atoms with Crippen LogP contribution in [-0.2, 0) is 16.0 Å². The molecule has 4 amide bonds. The van der Waals surface area contributed by atoms with Gasteiger partial charge in [-0.25, -0.2) is 4.79 Å². The Labute approximate surface area is 164 Å². The van der Waals surface area contributed by atoms with Crippen LogP contribution in [-0.4, -0.2) is 23.9 Å². The van der Waals surface area contributed by atoms with Crippen LogP contribution in [0.25, 0.3) is 0 Å². The summed E-state index contributed by atoms with van der Waals surface area (Å²) in [5.41, 5.74) is 11.0. The molecule has 4 saturated carbocycles. The van der Waals surface area contributed by atoms with Gasteiger partial charge in [0.25, 0.3) is 5.91 Å². The molecule has 1 unspecified atom stereocenters. The van der Waals surface area contributed by atoms with Crippen LogP contribution in [0, 0.1) is 23.2 Å². The van der Waals surface area contributed by atoms with E-state index in [1.54, 1.807) is 0 Å². The molecule has 0 saturated heterocycles. The van der Waals surface area contributed by atoms with Crippen molar-refractivity contribution < 1.29 is 14.4 Å². The summed E-state index contributed by atoms with van der Waals surface area (Å²) in [6.07, 6.45) is 6.82. The molecular formula is C21H28N4O3. The summed E-state index contributed by atoms with van der Waals surface area (Å²) in [7, 11) is 0. The zero-order valence-corrected chi connectivity index (χ0v) is 15.9. The molecule has 7 heteroatoms. The van der Waals surface area contributed by atoms with Gasteiger partial charge in [0.05, 0.1) is 5.41 Å². The number of carbonyl (C=O) groups is 3. The molecule has 4 bridgehead atoms. The molecule has 0 heterocycles. The van der Waals surface area contributed by atoms with Crippen LogP contribution in [0.15, 0.2) is 30.3 Å². The Morgan fingerprint density at radius 3 is 2.07 bits per heavy atom. The van der Waals surface area contributed by atoms with E-state index in [4.69, 9.17) is 5.73 Å². The Morgan fingerprint density at radius 2 is 1.54 bits per heavy atom. The molecule has 4 aliphatic carbocycles. The zero-order valence-electron chi connectivity index (χ0n) is 15.9. The standard InChI is InChI=1S/C21H28N4O3/c22-20(28)23-17(9-13-4-2-1-3-5-13)18(26)24-25-19(27)21-10-14-6-15(11-21)8-16(7-14)12-21/h1-5,14-17H,6-12H2,(H,24,26)(H,25,27)(H3,22,23,28). The molecule has 0 spiro atoms.